The van der Waals surface area contributed by atoms with E-state index in [9.17, 15) is 10.1 Å². The van der Waals surface area contributed by atoms with Crippen molar-refractivity contribution in [2.45, 2.75) is 13.8 Å². The molecule has 0 saturated heterocycles. The lowest BCUT2D eigenvalue weighted by Crippen LogP contribution is -1.91. The van der Waals surface area contributed by atoms with Crippen LogP contribution < -0.4 is 0 Å². The van der Waals surface area contributed by atoms with E-state index in [0.717, 1.165) is 11.3 Å². The standard InChI is InChI=1S/C9H9N3O2/c1-5-3-7-8(11-6(2)10-7)4-9(5)12(13)14/h3-4H,1-2H3,(H,10,11). The Morgan fingerprint density at radius 1 is 1.43 bits per heavy atom. The summed E-state index contributed by atoms with van der Waals surface area (Å²) >= 11 is 0. The van der Waals surface area contributed by atoms with Crippen LogP contribution in [-0.4, -0.2) is 14.9 Å². The Morgan fingerprint density at radius 3 is 2.79 bits per heavy atom. The van der Waals surface area contributed by atoms with Gasteiger partial charge in [-0.25, -0.2) is 4.98 Å². The molecule has 14 heavy (non-hydrogen) atoms. The van der Waals surface area contributed by atoms with Crippen molar-refractivity contribution >= 4 is 16.7 Å². The smallest absolute Gasteiger partial charge is 0.274 e. The number of benzene rings is 1. The van der Waals surface area contributed by atoms with E-state index in [0.29, 0.717) is 11.1 Å². The summed E-state index contributed by atoms with van der Waals surface area (Å²) < 4.78 is 0. The minimum Gasteiger partial charge on any atom is -0.342 e. The van der Waals surface area contributed by atoms with E-state index >= 15 is 0 Å². The zero-order chi connectivity index (χ0) is 10.3. The zero-order valence-corrected chi connectivity index (χ0v) is 7.87. The van der Waals surface area contributed by atoms with Crippen molar-refractivity contribution in [1.82, 2.24) is 9.97 Å². The van der Waals surface area contributed by atoms with Gasteiger partial charge in [-0.2, -0.15) is 0 Å². The molecule has 0 unspecified atom stereocenters. The molecule has 2 rings (SSSR count). The van der Waals surface area contributed by atoms with Crippen molar-refractivity contribution in [3.05, 3.63) is 33.6 Å². The third-order valence-corrected chi connectivity index (χ3v) is 2.11. The predicted molar refractivity (Wildman–Crippen MR) is 52.2 cm³/mol. The number of nitrogens with zero attached hydrogens (tertiary/aromatic N) is 2. The third-order valence-electron chi connectivity index (χ3n) is 2.11. The van der Waals surface area contributed by atoms with Gasteiger partial charge in [-0.15, -0.1) is 0 Å². The maximum Gasteiger partial charge on any atom is 0.274 e. The number of hydrogen-bond acceptors (Lipinski definition) is 3. The Bertz CT molecular complexity index is 516. The summed E-state index contributed by atoms with van der Waals surface area (Å²) in [7, 11) is 0. The number of imidazole rings is 1. The first-order valence-corrected chi connectivity index (χ1v) is 4.19. The molecule has 5 nitrogen and oxygen atoms in total. The van der Waals surface area contributed by atoms with E-state index in [-0.39, 0.29) is 10.6 Å². The van der Waals surface area contributed by atoms with Crippen molar-refractivity contribution < 1.29 is 4.92 Å². The molecule has 2 aromatic rings. The summed E-state index contributed by atoms with van der Waals surface area (Å²) in [5.74, 6) is 0.764. The van der Waals surface area contributed by atoms with E-state index in [4.69, 9.17) is 0 Å². The van der Waals surface area contributed by atoms with Gasteiger partial charge in [0.05, 0.1) is 16.0 Å². The third kappa shape index (κ3) is 1.22. The molecule has 72 valence electrons. The lowest BCUT2D eigenvalue weighted by Gasteiger charge is -1.95. The summed E-state index contributed by atoms with van der Waals surface area (Å²) in [6.45, 7) is 3.53. The molecular formula is C9H9N3O2. The minimum atomic E-state index is -0.384. The fraction of sp³-hybridized carbons (Fsp3) is 0.222. The molecule has 0 radical (unpaired) electrons. The van der Waals surface area contributed by atoms with Gasteiger partial charge in [0.2, 0.25) is 0 Å². The largest absolute Gasteiger partial charge is 0.342 e. The molecule has 0 fully saturated rings. The van der Waals surface area contributed by atoms with E-state index in [1.165, 1.54) is 6.07 Å². The summed E-state index contributed by atoms with van der Waals surface area (Å²) in [4.78, 5) is 17.4. The second-order valence-corrected chi connectivity index (χ2v) is 3.24. The summed E-state index contributed by atoms with van der Waals surface area (Å²) in [5, 5.41) is 10.6. The fourth-order valence-corrected chi connectivity index (χ4v) is 1.47. The lowest BCUT2D eigenvalue weighted by atomic mass is 10.2. The molecule has 0 spiro atoms. The van der Waals surface area contributed by atoms with Crippen LogP contribution >= 0.6 is 0 Å². The highest BCUT2D eigenvalue weighted by Crippen LogP contribution is 2.23. The first kappa shape index (κ1) is 8.68. The molecule has 5 heteroatoms. The second-order valence-electron chi connectivity index (χ2n) is 3.24. The first-order valence-electron chi connectivity index (χ1n) is 4.19. The van der Waals surface area contributed by atoms with Crippen LogP contribution in [0.2, 0.25) is 0 Å². The Kier molecular flexibility index (Phi) is 1.73. The molecule has 1 aromatic heterocycles. The topological polar surface area (TPSA) is 71.8 Å². The highest BCUT2D eigenvalue weighted by atomic mass is 16.6. The zero-order valence-electron chi connectivity index (χ0n) is 7.87. The number of nitro benzene ring substituents is 1. The van der Waals surface area contributed by atoms with Gasteiger partial charge in [0, 0.05) is 11.6 Å². The average Bonchev–Trinajstić information content (AvgIpc) is 2.42. The van der Waals surface area contributed by atoms with Crippen LogP contribution in [0.1, 0.15) is 11.4 Å². The number of nitro groups is 1. The van der Waals surface area contributed by atoms with Crippen molar-refractivity contribution in [2.24, 2.45) is 0 Å². The van der Waals surface area contributed by atoms with E-state index in [1.807, 2.05) is 6.92 Å². The van der Waals surface area contributed by atoms with Crippen molar-refractivity contribution in [3.8, 4) is 0 Å². The fourth-order valence-electron chi connectivity index (χ4n) is 1.47. The highest BCUT2D eigenvalue weighted by molar-refractivity contribution is 5.79. The molecule has 1 heterocycles. The number of aromatic nitrogens is 2. The minimum absolute atomic E-state index is 0.126. The number of H-pyrrole nitrogens is 1. The number of hydrogen-bond donors (Lipinski definition) is 1. The maximum atomic E-state index is 10.6. The monoisotopic (exact) mass is 191 g/mol. The van der Waals surface area contributed by atoms with Gasteiger partial charge in [-0.3, -0.25) is 10.1 Å². The molecule has 0 aliphatic heterocycles. The summed E-state index contributed by atoms with van der Waals surface area (Å²) in [6.07, 6.45) is 0. The van der Waals surface area contributed by atoms with Gasteiger partial charge in [0.15, 0.2) is 0 Å². The Labute approximate surface area is 79.9 Å². The number of aryl methyl sites for hydroxylation is 2. The molecule has 0 amide bonds. The number of nitrogens with one attached hydrogen (secondary N) is 1. The number of aromatic amines is 1. The lowest BCUT2D eigenvalue weighted by molar-refractivity contribution is -0.385. The molecule has 1 N–H and O–H groups in total. The SMILES string of the molecule is Cc1nc2cc(C)c([N+](=O)[O-])cc2[nH]1. The maximum absolute atomic E-state index is 10.6. The van der Waals surface area contributed by atoms with Crippen LogP contribution in [0.15, 0.2) is 12.1 Å². The van der Waals surface area contributed by atoms with Gasteiger partial charge in [-0.05, 0) is 19.9 Å². The van der Waals surface area contributed by atoms with Gasteiger partial charge in [-0.1, -0.05) is 0 Å². The summed E-state index contributed by atoms with van der Waals surface area (Å²) in [6, 6.07) is 3.24. The molecule has 0 saturated carbocycles. The number of fused-ring (bicyclic) bond motifs is 1. The van der Waals surface area contributed by atoms with Crippen molar-refractivity contribution in [3.63, 3.8) is 0 Å². The van der Waals surface area contributed by atoms with Crippen molar-refractivity contribution in [2.75, 3.05) is 0 Å². The van der Waals surface area contributed by atoms with Crippen LogP contribution in [-0.2, 0) is 0 Å². The Hall–Kier alpha value is -1.91. The van der Waals surface area contributed by atoms with Crippen LogP contribution in [0.4, 0.5) is 5.69 Å². The Balaban J connectivity index is 2.76. The van der Waals surface area contributed by atoms with Gasteiger partial charge < -0.3 is 4.98 Å². The van der Waals surface area contributed by atoms with E-state index in [1.54, 1.807) is 13.0 Å². The molecule has 0 atom stereocenters. The van der Waals surface area contributed by atoms with Gasteiger partial charge in [0.1, 0.15) is 5.82 Å². The quantitative estimate of drug-likeness (QED) is 0.554. The molecule has 0 aliphatic rings. The van der Waals surface area contributed by atoms with E-state index in [2.05, 4.69) is 9.97 Å². The Morgan fingerprint density at radius 2 is 2.14 bits per heavy atom. The predicted octanol–water partition coefficient (Wildman–Crippen LogP) is 2.09. The normalized spacial score (nSPS) is 10.7. The second kappa shape index (κ2) is 2.80. The molecular weight excluding hydrogens is 182 g/mol. The van der Waals surface area contributed by atoms with Crippen LogP contribution in [0.25, 0.3) is 11.0 Å². The van der Waals surface area contributed by atoms with Crippen molar-refractivity contribution in [1.29, 1.82) is 0 Å². The molecule has 1 aromatic carbocycles. The van der Waals surface area contributed by atoms with E-state index < -0.39 is 0 Å². The van der Waals surface area contributed by atoms with Gasteiger partial charge >= 0.3 is 0 Å². The molecule has 0 aliphatic carbocycles. The van der Waals surface area contributed by atoms with Crippen LogP contribution in [0.3, 0.4) is 0 Å². The summed E-state index contributed by atoms with van der Waals surface area (Å²) in [5.41, 5.74) is 2.24. The van der Waals surface area contributed by atoms with Crippen LogP contribution in [0, 0.1) is 24.0 Å². The molecule has 0 bridgehead atoms. The van der Waals surface area contributed by atoms with Gasteiger partial charge in [0.25, 0.3) is 5.69 Å². The van der Waals surface area contributed by atoms with Crippen LogP contribution in [0.5, 0.6) is 0 Å². The number of rotatable bonds is 1. The first-order chi connectivity index (χ1) is 6.58. The highest BCUT2D eigenvalue weighted by Gasteiger charge is 2.12. The average molecular weight is 191 g/mol.